The van der Waals surface area contributed by atoms with Crippen molar-refractivity contribution in [3.63, 3.8) is 0 Å². The van der Waals surface area contributed by atoms with Crippen LogP contribution in [0.2, 0.25) is 0 Å². The van der Waals surface area contributed by atoms with Crippen molar-refractivity contribution in [1.29, 1.82) is 0 Å². The van der Waals surface area contributed by atoms with Gasteiger partial charge in [0.2, 0.25) is 0 Å². The van der Waals surface area contributed by atoms with Crippen molar-refractivity contribution in [2.45, 2.75) is 19.3 Å². The van der Waals surface area contributed by atoms with Gasteiger partial charge in [-0.2, -0.15) is 0 Å². The van der Waals surface area contributed by atoms with Crippen LogP contribution in [0.15, 0.2) is 144 Å². The molecule has 0 aliphatic heterocycles. The summed E-state index contributed by atoms with van der Waals surface area (Å²) < 4.78 is 8.71. The molecule has 0 saturated carbocycles. The van der Waals surface area contributed by atoms with E-state index in [0.29, 0.717) is 5.82 Å². The van der Waals surface area contributed by atoms with E-state index < -0.39 is 0 Å². The molecule has 51 heavy (non-hydrogen) atoms. The van der Waals surface area contributed by atoms with Crippen LogP contribution < -0.4 is 0 Å². The van der Waals surface area contributed by atoms with Crippen molar-refractivity contribution in [2.24, 2.45) is 0 Å². The average molecular weight is 656 g/mol. The lowest BCUT2D eigenvalue weighted by molar-refractivity contribution is 0.636. The fraction of sp³-hybridized carbons (Fsp3) is 0.0667. The fourth-order valence-corrected chi connectivity index (χ4v) is 8.15. The Morgan fingerprint density at radius 2 is 1.33 bits per heavy atom. The summed E-state index contributed by atoms with van der Waals surface area (Å²) >= 11 is 0. The first-order valence-electron chi connectivity index (χ1n) is 17.2. The molecule has 4 heterocycles. The Balaban J connectivity index is 1.19. The van der Waals surface area contributed by atoms with E-state index in [1.807, 2.05) is 42.5 Å². The molecular weight excluding hydrogens is 627 g/mol. The Morgan fingerprint density at radius 3 is 2.24 bits per heavy atom. The molecule has 0 spiro atoms. The summed E-state index contributed by atoms with van der Waals surface area (Å²) in [4.78, 5) is 21.1. The normalized spacial score (nSPS) is 13.5. The summed E-state index contributed by atoms with van der Waals surface area (Å²) in [5, 5.41) is 2.99. The van der Waals surface area contributed by atoms with Gasteiger partial charge >= 0.3 is 0 Å². The molecule has 0 unspecified atom stereocenters. The van der Waals surface area contributed by atoms with Crippen molar-refractivity contribution < 1.29 is 4.42 Å². The summed E-state index contributed by atoms with van der Waals surface area (Å²) in [5.74, 6) is 1.50. The molecule has 10 aromatic rings. The van der Waals surface area contributed by atoms with Crippen LogP contribution in [0.3, 0.4) is 0 Å². The maximum absolute atomic E-state index is 6.52. The molecule has 0 N–H and O–H groups in total. The van der Waals surface area contributed by atoms with E-state index in [9.17, 15) is 0 Å². The lowest BCUT2D eigenvalue weighted by Crippen LogP contribution is -2.17. The van der Waals surface area contributed by atoms with Gasteiger partial charge in [0.15, 0.2) is 5.82 Å². The van der Waals surface area contributed by atoms with Crippen LogP contribution in [0.25, 0.3) is 94.7 Å². The molecule has 0 bridgehead atoms. The quantitative estimate of drug-likeness (QED) is 0.189. The minimum atomic E-state index is -0.284. The van der Waals surface area contributed by atoms with Crippen molar-refractivity contribution in [3.8, 4) is 45.2 Å². The third kappa shape index (κ3) is 3.93. The summed E-state index contributed by atoms with van der Waals surface area (Å²) in [6.07, 6.45) is 0. The number of imidazole rings is 1. The van der Waals surface area contributed by atoms with E-state index in [1.54, 1.807) is 0 Å². The smallest absolute Gasteiger partial charge is 0.160 e. The van der Waals surface area contributed by atoms with Gasteiger partial charge in [0.25, 0.3) is 0 Å². The largest absolute Gasteiger partial charge is 0.456 e. The van der Waals surface area contributed by atoms with Gasteiger partial charge in [0.05, 0.1) is 27.9 Å². The van der Waals surface area contributed by atoms with Crippen molar-refractivity contribution in [3.05, 3.63) is 151 Å². The second-order valence-corrected chi connectivity index (χ2v) is 13.9. The van der Waals surface area contributed by atoms with Gasteiger partial charge in [-0.25, -0.2) is 19.9 Å². The van der Waals surface area contributed by atoms with Crippen molar-refractivity contribution in [2.75, 3.05) is 0 Å². The maximum atomic E-state index is 6.52. The number of furan rings is 1. The average Bonchev–Trinajstić information content (AvgIpc) is 3.83. The van der Waals surface area contributed by atoms with E-state index in [2.05, 4.69) is 115 Å². The maximum Gasteiger partial charge on any atom is 0.160 e. The molecule has 11 rings (SSSR count). The van der Waals surface area contributed by atoms with Crippen LogP contribution in [0.4, 0.5) is 0 Å². The zero-order valence-electron chi connectivity index (χ0n) is 27.9. The highest BCUT2D eigenvalue weighted by molar-refractivity contribution is 6.13. The zero-order valence-corrected chi connectivity index (χ0v) is 27.9. The predicted octanol–water partition coefficient (Wildman–Crippen LogP) is 11.0. The summed E-state index contributed by atoms with van der Waals surface area (Å²) in [6.45, 7) is 4.53. The van der Waals surface area contributed by atoms with E-state index >= 15 is 0 Å². The zero-order chi connectivity index (χ0) is 33.8. The molecule has 0 amide bonds. The van der Waals surface area contributed by atoms with Gasteiger partial charge in [0.1, 0.15) is 22.6 Å². The number of nitrogens with zero attached hydrogens (tertiary/aromatic N) is 5. The number of hydrogen-bond donors (Lipinski definition) is 0. The van der Waals surface area contributed by atoms with E-state index in [0.717, 1.165) is 89.0 Å². The number of rotatable bonds is 3. The first-order chi connectivity index (χ1) is 25.0. The number of fused-ring (bicyclic) bond motifs is 11. The molecule has 240 valence electrons. The molecular formula is C45H29N5O. The van der Waals surface area contributed by atoms with Gasteiger partial charge < -0.3 is 4.42 Å². The molecule has 0 radical (unpaired) electrons. The Hall–Kier alpha value is -6.66. The van der Waals surface area contributed by atoms with E-state index in [4.69, 9.17) is 24.4 Å². The van der Waals surface area contributed by atoms with Crippen LogP contribution in [0.5, 0.6) is 0 Å². The predicted molar refractivity (Wildman–Crippen MR) is 205 cm³/mol. The number of aromatic nitrogens is 5. The minimum Gasteiger partial charge on any atom is -0.456 e. The second kappa shape index (κ2) is 10.2. The Labute approximate surface area is 292 Å². The highest BCUT2D eigenvalue weighted by atomic mass is 16.3. The molecule has 6 aromatic carbocycles. The topological polar surface area (TPSA) is 69.1 Å². The second-order valence-electron chi connectivity index (χ2n) is 13.9. The Bertz CT molecular complexity index is 3060. The van der Waals surface area contributed by atoms with E-state index in [1.165, 1.54) is 11.1 Å². The lowest BCUT2D eigenvalue weighted by atomic mass is 9.85. The summed E-state index contributed by atoms with van der Waals surface area (Å²) in [5.41, 5.74) is 13.6. The molecule has 0 fully saturated rings. The third-order valence-electron chi connectivity index (χ3n) is 10.6. The standard InChI is InChI=1S/C45H29N5O/c1-45(2)32-18-8-6-15-28(32)39-40(26-13-4-3-5-14-26)48-42(49-41(39)45)27-23-24-36-31(25-27)38-30(17-12-22-37(38)51-36)44-46-33-19-9-7-16-29(33)43-47-34-20-10-11-21-35(34)50(43)44/h3-25H,1-2H3. The van der Waals surface area contributed by atoms with Gasteiger partial charge in [-0.3, -0.25) is 4.40 Å². The number of para-hydroxylation sites is 3. The van der Waals surface area contributed by atoms with Crippen LogP contribution in [-0.2, 0) is 5.41 Å². The van der Waals surface area contributed by atoms with Crippen LogP contribution in [-0.4, -0.2) is 24.3 Å². The molecule has 4 aromatic heterocycles. The fourth-order valence-electron chi connectivity index (χ4n) is 8.15. The Morgan fingerprint density at radius 1 is 0.569 bits per heavy atom. The SMILES string of the molecule is CC1(C)c2ccccc2-c2c(-c3ccccc3)nc(-c3ccc4oc5cccc(-c6nc7ccccc7c7nc8ccccc8n67)c5c4c3)nc21. The third-order valence-corrected chi connectivity index (χ3v) is 10.6. The Kier molecular flexibility index (Phi) is 5.63. The van der Waals surface area contributed by atoms with Gasteiger partial charge in [-0.05, 0) is 59.7 Å². The number of hydrogen-bond acceptors (Lipinski definition) is 5. The van der Waals surface area contributed by atoms with Gasteiger partial charge in [0, 0.05) is 43.8 Å². The first kappa shape index (κ1) is 28.2. The van der Waals surface area contributed by atoms with Crippen molar-refractivity contribution >= 4 is 49.5 Å². The summed E-state index contributed by atoms with van der Waals surface area (Å²) in [7, 11) is 0. The highest BCUT2D eigenvalue weighted by Gasteiger charge is 2.39. The van der Waals surface area contributed by atoms with E-state index in [-0.39, 0.29) is 5.41 Å². The van der Waals surface area contributed by atoms with Gasteiger partial charge in [-0.1, -0.05) is 105 Å². The van der Waals surface area contributed by atoms with Crippen LogP contribution in [0, 0.1) is 0 Å². The minimum absolute atomic E-state index is 0.284. The van der Waals surface area contributed by atoms with Crippen LogP contribution >= 0.6 is 0 Å². The highest BCUT2D eigenvalue weighted by Crippen LogP contribution is 2.51. The molecule has 6 nitrogen and oxygen atoms in total. The molecule has 1 aliphatic rings. The molecule has 0 saturated heterocycles. The lowest BCUT2D eigenvalue weighted by Gasteiger charge is -2.21. The molecule has 0 atom stereocenters. The molecule has 6 heteroatoms. The monoisotopic (exact) mass is 655 g/mol. The number of benzene rings is 6. The molecule has 1 aliphatic carbocycles. The van der Waals surface area contributed by atoms with Crippen LogP contribution in [0.1, 0.15) is 25.1 Å². The van der Waals surface area contributed by atoms with Gasteiger partial charge in [-0.15, -0.1) is 0 Å². The van der Waals surface area contributed by atoms with Crippen molar-refractivity contribution in [1.82, 2.24) is 24.3 Å². The summed E-state index contributed by atoms with van der Waals surface area (Å²) in [6, 6.07) is 48.1. The first-order valence-corrected chi connectivity index (χ1v) is 17.2.